The Morgan fingerprint density at radius 2 is 1.37 bits per heavy atom. The third kappa shape index (κ3) is 19.8. The molecule has 0 aliphatic heterocycles. The first kappa shape index (κ1) is 28.5. The van der Waals surface area contributed by atoms with E-state index in [2.05, 4.69) is 25.7 Å². The molecule has 0 radical (unpaired) electrons. The molecule has 0 aromatic heterocycles. The number of aliphatic carboxylic acids is 1. The highest BCUT2D eigenvalue weighted by Crippen LogP contribution is 2.10. The summed E-state index contributed by atoms with van der Waals surface area (Å²) in [6, 6.07) is 8.02. The number of unbranched alkanes of at least 4 members (excludes halogenated alkanes) is 11. The predicted octanol–water partition coefficient (Wildman–Crippen LogP) is 9.18. The summed E-state index contributed by atoms with van der Waals surface area (Å²) in [4.78, 5) is 10.3. The number of halogens is 1. The second-order valence-electron chi connectivity index (χ2n) is 7.81. The van der Waals surface area contributed by atoms with Gasteiger partial charge in [-0.3, -0.25) is 4.79 Å². The highest BCUT2D eigenvalue weighted by Gasteiger charge is 1.96. The molecule has 0 amide bonds. The Morgan fingerprint density at radius 1 is 0.867 bits per heavy atom. The van der Waals surface area contributed by atoms with Gasteiger partial charge in [-0.1, -0.05) is 107 Å². The van der Waals surface area contributed by atoms with E-state index in [4.69, 9.17) is 16.7 Å². The van der Waals surface area contributed by atoms with Crippen LogP contribution in [0, 0.1) is 0 Å². The summed E-state index contributed by atoms with van der Waals surface area (Å²) in [7, 11) is 0. The highest BCUT2D eigenvalue weighted by molar-refractivity contribution is 6.17. The molecule has 0 saturated carbocycles. The van der Waals surface area contributed by atoms with E-state index in [-0.39, 0.29) is 0 Å². The van der Waals surface area contributed by atoms with Crippen LogP contribution in [0.15, 0.2) is 43.0 Å². The zero-order valence-electron chi connectivity index (χ0n) is 19.1. The van der Waals surface area contributed by atoms with Crippen LogP contribution in [0.2, 0.25) is 0 Å². The zero-order valence-corrected chi connectivity index (χ0v) is 19.8. The van der Waals surface area contributed by atoms with Gasteiger partial charge in [-0.05, 0) is 43.2 Å². The standard InChI is InChI=1S/C18H34O2.C9H9Cl/c1-2-3-4-5-6-7-8-9-10-11-12-13-14-15-16-17-18(19)20;1-2-8-3-5-9(7-10)6-4-8/h9-10H,2-8,11-17H2,1H3,(H,19,20);2-6H,1,7H2/b10-9-;. The molecule has 170 valence electrons. The second kappa shape index (κ2) is 22.2. The first-order valence-electron chi connectivity index (χ1n) is 11.8. The summed E-state index contributed by atoms with van der Waals surface area (Å²) in [6.07, 6.45) is 23.1. The molecule has 1 N–H and O–H groups in total. The lowest BCUT2D eigenvalue weighted by Gasteiger charge is -1.99. The summed E-state index contributed by atoms with van der Waals surface area (Å²) in [6.45, 7) is 5.91. The average molecular weight is 435 g/mol. The molecule has 1 rings (SSSR count). The monoisotopic (exact) mass is 434 g/mol. The molecule has 0 unspecified atom stereocenters. The van der Waals surface area contributed by atoms with Gasteiger partial charge in [-0.15, -0.1) is 11.6 Å². The van der Waals surface area contributed by atoms with Crippen molar-refractivity contribution >= 4 is 23.6 Å². The Balaban J connectivity index is 0.000000696. The van der Waals surface area contributed by atoms with E-state index in [1.165, 1.54) is 70.6 Å². The van der Waals surface area contributed by atoms with Crippen molar-refractivity contribution < 1.29 is 9.90 Å². The van der Waals surface area contributed by atoms with Gasteiger partial charge >= 0.3 is 5.97 Å². The van der Waals surface area contributed by atoms with E-state index < -0.39 is 5.97 Å². The van der Waals surface area contributed by atoms with Crippen molar-refractivity contribution in [3.63, 3.8) is 0 Å². The van der Waals surface area contributed by atoms with E-state index in [1.54, 1.807) is 0 Å². The van der Waals surface area contributed by atoms with Crippen LogP contribution in [-0.4, -0.2) is 11.1 Å². The number of carboxylic acids is 1. The summed E-state index contributed by atoms with van der Waals surface area (Å²) in [5, 5.41) is 8.51. The van der Waals surface area contributed by atoms with Gasteiger partial charge in [-0.2, -0.15) is 0 Å². The van der Waals surface area contributed by atoms with Gasteiger partial charge in [-0.25, -0.2) is 0 Å². The third-order valence-electron chi connectivity index (χ3n) is 5.02. The quantitative estimate of drug-likeness (QED) is 0.151. The Bertz CT molecular complexity index is 548. The molecule has 1 aromatic carbocycles. The summed E-state index contributed by atoms with van der Waals surface area (Å²) < 4.78 is 0. The van der Waals surface area contributed by atoms with Crippen LogP contribution in [0.4, 0.5) is 0 Å². The van der Waals surface area contributed by atoms with Crippen molar-refractivity contribution in [2.45, 2.75) is 103 Å². The zero-order chi connectivity index (χ0) is 22.3. The van der Waals surface area contributed by atoms with Crippen molar-refractivity contribution in [1.29, 1.82) is 0 Å². The first-order chi connectivity index (χ1) is 14.6. The number of carboxylic acid groups (broad SMARTS) is 1. The molecule has 0 atom stereocenters. The largest absolute Gasteiger partial charge is 0.481 e. The molecule has 30 heavy (non-hydrogen) atoms. The minimum Gasteiger partial charge on any atom is -0.481 e. The Labute approximate surface area is 190 Å². The van der Waals surface area contributed by atoms with Gasteiger partial charge in [0.15, 0.2) is 0 Å². The van der Waals surface area contributed by atoms with Crippen molar-refractivity contribution in [1.82, 2.24) is 0 Å². The van der Waals surface area contributed by atoms with Crippen LogP contribution in [0.3, 0.4) is 0 Å². The van der Waals surface area contributed by atoms with Gasteiger partial charge in [0.2, 0.25) is 0 Å². The van der Waals surface area contributed by atoms with Crippen LogP contribution in [0.1, 0.15) is 108 Å². The molecule has 0 heterocycles. The normalized spacial score (nSPS) is 10.6. The molecular formula is C27H43ClO2. The van der Waals surface area contributed by atoms with Crippen molar-refractivity contribution in [2.75, 3.05) is 0 Å². The third-order valence-corrected chi connectivity index (χ3v) is 5.33. The van der Waals surface area contributed by atoms with Crippen LogP contribution >= 0.6 is 11.6 Å². The predicted molar refractivity (Wildman–Crippen MR) is 133 cm³/mol. The van der Waals surface area contributed by atoms with E-state index in [1.807, 2.05) is 30.3 Å². The number of carbonyl (C=O) groups is 1. The van der Waals surface area contributed by atoms with Crippen LogP contribution < -0.4 is 0 Å². The maximum Gasteiger partial charge on any atom is 0.303 e. The minimum absolute atomic E-state index is 0.332. The minimum atomic E-state index is -0.664. The summed E-state index contributed by atoms with van der Waals surface area (Å²) >= 11 is 5.60. The fraction of sp³-hybridized carbons (Fsp3) is 0.593. The molecule has 0 aliphatic carbocycles. The lowest BCUT2D eigenvalue weighted by atomic mass is 10.1. The summed E-state index contributed by atoms with van der Waals surface area (Å²) in [5.41, 5.74) is 2.28. The maximum absolute atomic E-state index is 10.3. The molecule has 0 fully saturated rings. The molecular weight excluding hydrogens is 392 g/mol. The van der Waals surface area contributed by atoms with Gasteiger partial charge in [0.25, 0.3) is 0 Å². The molecule has 0 saturated heterocycles. The average Bonchev–Trinajstić information content (AvgIpc) is 2.76. The lowest BCUT2D eigenvalue weighted by molar-refractivity contribution is -0.137. The van der Waals surface area contributed by atoms with E-state index in [9.17, 15) is 4.79 Å². The first-order valence-corrected chi connectivity index (χ1v) is 12.3. The number of allylic oxidation sites excluding steroid dienone is 2. The number of hydrogen-bond donors (Lipinski definition) is 1. The van der Waals surface area contributed by atoms with E-state index in [0.717, 1.165) is 24.0 Å². The Morgan fingerprint density at radius 3 is 1.83 bits per heavy atom. The number of rotatable bonds is 17. The topological polar surface area (TPSA) is 37.3 Å². The Hall–Kier alpha value is -1.54. The number of hydrogen-bond acceptors (Lipinski definition) is 1. The molecule has 2 nitrogen and oxygen atoms in total. The fourth-order valence-electron chi connectivity index (χ4n) is 3.09. The van der Waals surface area contributed by atoms with Gasteiger partial charge in [0, 0.05) is 12.3 Å². The second-order valence-corrected chi connectivity index (χ2v) is 8.07. The molecule has 0 spiro atoms. The molecule has 0 aliphatic rings. The fourth-order valence-corrected chi connectivity index (χ4v) is 3.27. The van der Waals surface area contributed by atoms with E-state index >= 15 is 0 Å². The molecule has 1 aromatic rings. The van der Waals surface area contributed by atoms with Crippen molar-refractivity contribution in [3.8, 4) is 0 Å². The summed E-state index contributed by atoms with van der Waals surface area (Å²) in [5.74, 6) is -0.0835. The van der Waals surface area contributed by atoms with Gasteiger partial charge in [0.05, 0.1) is 0 Å². The van der Waals surface area contributed by atoms with Crippen molar-refractivity contribution in [3.05, 3.63) is 54.1 Å². The van der Waals surface area contributed by atoms with Gasteiger partial charge < -0.3 is 5.11 Å². The number of benzene rings is 1. The van der Waals surface area contributed by atoms with Crippen molar-refractivity contribution in [2.24, 2.45) is 0 Å². The van der Waals surface area contributed by atoms with Crippen LogP contribution in [0.5, 0.6) is 0 Å². The highest BCUT2D eigenvalue weighted by atomic mass is 35.5. The lowest BCUT2D eigenvalue weighted by Crippen LogP contribution is -1.93. The molecule has 3 heteroatoms. The smallest absolute Gasteiger partial charge is 0.303 e. The van der Waals surface area contributed by atoms with E-state index in [0.29, 0.717) is 12.3 Å². The maximum atomic E-state index is 10.3. The van der Waals surface area contributed by atoms with Crippen LogP contribution in [0.25, 0.3) is 6.08 Å². The molecule has 0 bridgehead atoms. The van der Waals surface area contributed by atoms with Crippen LogP contribution in [-0.2, 0) is 10.7 Å². The number of alkyl halides is 1. The van der Waals surface area contributed by atoms with Gasteiger partial charge in [0.1, 0.15) is 0 Å². The SMILES string of the molecule is C=Cc1ccc(CCl)cc1.CCCCCCCC/C=C\CCCCCCCC(=O)O. The Kier molecular flexibility index (Phi) is 21.0.